The van der Waals surface area contributed by atoms with Crippen LogP contribution < -0.4 is 5.32 Å². The molecule has 15 heavy (non-hydrogen) atoms. The summed E-state index contributed by atoms with van der Waals surface area (Å²) in [6.07, 6.45) is 1.57. The molecule has 0 radical (unpaired) electrons. The maximum atomic E-state index is 5.87. The fourth-order valence-electron chi connectivity index (χ4n) is 1.25. The summed E-state index contributed by atoms with van der Waals surface area (Å²) in [5.41, 5.74) is 0.907. The van der Waals surface area contributed by atoms with Crippen molar-refractivity contribution in [2.24, 2.45) is 0 Å². The van der Waals surface area contributed by atoms with Crippen molar-refractivity contribution in [2.45, 2.75) is 19.5 Å². The lowest BCUT2D eigenvalue weighted by molar-refractivity contribution is 0.406. The zero-order chi connectivity index (χ0) is 10.7. The van der Waals surface area contributed by atoms with Crippen LogP contribution in [-0.4, -0.2) is 5.16 Å². The zero-order valence-corrected chi connectivity index (χ0v) is 9.81. The Kier molecular flexibility index (Phi) is 3.41. The summed E-state index contributed by atoms with van der Waals surface area (Å²) in [5, 5.41) is 7.17. The highest BCUT2D eigenvalue weighted by atomic mass is 35.5. The molecule has 80 valence electrons. The number of halogens is 1. The third-order valence-corrected chi connectivity index (χ3v) is 3.52. The normalized spacial score (nSPS) is 12.9. The minimum atomic E-state index is 0.277. The molecular weight excluding hydrogens is 232 g/mol. The van der Waals surface area contributed by atoms with Crippen LogP contribution in [0.3, 0.4) is 0 Å². The average Bonchev–Trinajstić information content (AvgIpc) is 2.84. The second kappa shape index (κ2) is 4.79. The SMILES string of the molecule is CC(NCc1ccon1)c1ccc(Cl)s1. The Hall–Kier alpha value is -0.840. The molecule has 0 aliphatic rings. The fourth-order valence-corrected chi connectivity index (χ4v) is 2.34. The van der Waals surface area contributed by atoms with Crippen LogP contribution in [0.2, 0.25) is 4.34 Å². The van der Waals surface area contributed by atoms with E-state index in [0.29, 0.717) is 6.54 Å². The van der Waals surface area contributed by atoms with Crippen molar-refractivity contribution in [3.8, 4) is 0 Å². The van der Waals surface area contributed by atoms with Gasteiger partial charge in [0.05, 0.1) is 10.0 Å². The summed E-state index contributed by atoms with van der Waals surface area (Å²) in [4.78, 5) is 1.23. The van der Waals surface area contributed by atoms with E-state index >= 15 is 0 Å². The lowest BCUT2D eigenvalue weighted by Crippen LogP contribution is -2.17. The molecule has 0 amide bonds. The van der Waals surface area contributed by atoms with E-state index in [1.807, 2.05) is 18.2 Å². The maximum absolute atomic E-state index is 5.87. The van der Waals surface area contributed by atoms with E-state index in [2.05, 4.69) is 17.4 Å². The largest absolute Gasteiger partial charge is 0.364 e. The summed E-state index contributed by atoms with van der Waals surface area (Å²) in [6, 6.07) is 6.07. The molecule has 0 saturated carbocycles. The molecule has 0 bridgehead atoms. The minimum Gasteiger partial charge on any atom is -0.364 e. The van der Waals surface area contributed by atoms with Crippen molar-refractivity contribution in [3.05, 3.63) is 39.4 Å². The molecule has 2 rings (SSSR count). The average molecular weight is 243 g/mol. The van der Waals surface area contributed by atoms with E-state index in [1.165, 1.54) is 4.88 Å². The second-order valence-corrected chi connectivity index (χ2v) is 4.98. The quantitative estimate of drug-likeness (QED) is 0.895. The summed E-state index contributed by atoms with van der Waals surface area (Å²) in [6.45, 7) is 2.80. The number of thiophene rings is 1. The van der Waals surface area contributed by atoms with Gasteiger partial charge in [-0.25, -0.2) is 0 Å². The molecule has 1 atom stereocenters. The van der Waals surface area contributed by atoms with Gasteiger partial charge in [0.15, 0.2) is 0 Å². The monoisotopic (exact) mass is 242 g/mol. The highest BCUT2D eigenvalue weighted by molar-refractivity contribution is 7.16. The fraction of sp³-hybridized carbons (Fsp3) is 0.300. The van der Waals surface area contributed by atoms with Gasteiger partial charge >= 0.3 is 0 Å². The molecule has 0 aliphatic carbocycles. The molecule has 2 heterocycles. The predicted octanol–water partition coefficient (Wildman–Crippen LogP) is 3.24. The number of hydrogen-bond acceptors (Lipinski definition) is 4. The molecule has 0 aromatic carbocycles. The van der Waals surface area contributed by atoms with E-state index in [-0.39, 0.29) is 6.04 Å². The van der Waals surface area contributed by atoms with Crippen LogP contribution in [0.1, 0.15) is 23.5 Å². The van der Waals surface area contributed by atoms with Crippen molar-refractivity contribution in [1.29, 1.82) is 0 Å². The smallest absolute Gasteiger partial charge is 0.124 e. The van der Waals surface area contributed by atoms with Crippen LogP contribution in [0.4, 0.5) is 0 Å². The van der Waals surface area contributed by atoms with Crippen LogP contribution in [0.25, 0.3) is 0 Å². The van der Waals surface area contributed by atoms with Gasteiger partial charge in [0, 0.05) is 23.5 Å². The summed E-state index contributed by atoms with van der Waals surface area (Å²) in [7, 11) is 0. The van der Waals surface area contributed by atoms with E-state index in [0.717, 1.165) is 10.0 Å². The maximum Gasteiger partial charge on any atom is 0.124 e. The molecule has 3 nitrogen and oxygen atoms in total. The van der Waals surface area contributed by atoms with Gasteiger partial charge < -0.3 is 9.84 Å². The Bertz CT molecular complexity index is 413. The van der Waals surface area contributed by atoms with Gasteiger partial charge in [-0.1, -0.05) is 16.8 Å². The lowest BCUT2D eigenvalue weighted by Gasteiger charge is -2.09. The van der Waals surface area contributed by atoms with Crippen molar-refractivity contribution >= 4 is 22.9 Å². The van der Waals surface area contributed by atoms with Crippen molar-refractivity contribution in [3.63, 3.8) is 0 Å². The molecule has 1 N–H and O–H groups in total. The van der Waals surface area contributed by atoms with Crippen LogP contribution in [-0.2, 0) is 6.54 Å². The summed E-state index contributed by atoms with van der Waals surface area (Å²) in [5.74, 6) is 0. The standard InChI is InChI=1S/C10H11ClN2OS/c1-7(9-2-3-10(11)15-9)12-6-8-4-5-14-13-8/h2-5,7,12H,6H2,1H3. The van der Waals surface area contributed by atoms with Gasteiger partial charge in [-0.3, -0.25) is 0 Å². The van der Waals surface area contributed by atoms with Gasteiger partial charge in [0.1, 0.15) is 6.26 Å². The van der Waals surface area contributed by atoms with E-state index in [1.54, 1.807) is 17.6 Å². The Morgan fingerprint density at radius 2 is 2.40 bits per heavy atom. The lowest BCUT2D eigenvalue weighted by atomic mass is 10.2. The first kappa shape index (κ1) is 10.7. The topological polar surface area (TPSA) is 38.1 Å². The Labute approximate surface area is 97.0 Å². The van der Waals surface area contributed by atoms with Crippen LogP contribution in [0, 0.1) is 0 Å². The van der Waals surface area contributed by atoms with Crippen LogP contribution in [0.15, 0.2) is 29.0 Å². The molecule has 1 unspecified atom stereocenters. The van der Waals surface area contributed by atoms with Gasteiger partial charge in [-0.15, -0.1) is 11.3 Å². The van der Waals surface area contributed by atoms with E-state index in [9.17, 15) is 0 Å². The minimum absolute atomic E-state index is 0.277. The Morgan fingerprint density at radius 3 is 3.00 bits per heavy atom. The number of rotatable bonds is 4. The van der Waals surface area contributed by atoms with Gasteiger partial charge in [0.2, 0.25) is 0 Å². The van der Waals surface area contributed by atoms with Crippen LogP contribution in [0.5, 0.6) is 0 Å². The Balaban J connectivity index is 1.90. The second-order valence-electron chi connectivity index (χ2n) is 3.24. The van der Waals surface area contributed by atoms with Gasteiger partial charge in [0.25, 0.3) is 0 Å². The number of nitrogens with one attached hydrogen (secondary N) is 1. The molecule has 0 fully saturated rings. The zero-order valence-electron chi connectivity index (χ0n) is 8.24. The van der Waals surface area contributed by atoms with Gasteiger partial charge in [-0.2, -0.15) is 0 Å². The third-order valence-electron chi connectivity index (χ3n) is 2.10. The molecule has 0 saturated heterocycles. The highest BCUT2D eigenvalue weighted by Crippen LogP contribution is 2.26. The first-order valence-corrected chi connectivity index (χ1v) is 5.83. The number of hydrogen-bond donors (Lipinski definition) is 1. The molecule has 0 aliphatic heterocycles. The molecule has 2 aromatic rings. The van der Waals surface area contributed by atoms with Crippen molar-refractivity contribution in [1.82, 2.24) is 10.5 Å². The molecule has 5 heteroatoms. The first-order chi connectivity index (χ1) is 7.25. The van der Waals surface area contributed by atoms with Crippen molar-refractivity contribution in [2.75, 3.05) is 0 Å². The first-order valence-electron chi connectivity index (χ1n) is 4.63. The summed E-state index contributed by atoms with van der Waals surface area (Å²) >= 11 is 7.46. The van der Waals surface area contributed by atoms with Crippen molar-refractivity contribution < 1.29 is 4.52 Å². The predicted molar refractivity (Wildman–Crippen MR) is 61.1 cm³/mol. The molecular formula is C10H11ClN2OS. The Morgan fingerprint density at radius 1 is 1.53 bits per heavy atom. The number of nitrogens with zero attached hydrogens (tertiary/aromatic N) is 1. The summed E-state index contributed by atoms with van der Waals surface area (Å²) < 4.78 is 5.57. The van der Waals surface area contributed by atoms with Gasteiger partial charge in [-0.05, 0) is 19.1 Å². The number of aromatic nitrogens is 1. The highest BCUT2D eigenvalue weighted by Gasteiger charge is 2.08. The van der Waals surface area contributed by atoms with E-state index in [4.69, 9.17) is 16.1 Å². The third kappa shape index (κ3) is 2.81. The molecule has 2 aromatic heterocycles. The van der Waals surface area contributed by atoms with Crippen LogP contribution >= 0.6 is 22.9 Å². The molecule has 0 spiro atoms. The van der Waals surface area contributed by atoms with E-state index < -0.39 is 0 Å².